The van der Waals surface area contributed by atoms with Gasteiger partial charge in [-0.25, -0.2) is 0 Å². The fraction of sp³-hybridized carbons (Fsp3) is 0.0323. The quantitative estimate of drug-likeness (QED) is 0.240. The summed E-state index contributed by atoms with van der Waals surface area (Å²) in [4.78, 5) is 0. The SMILES string of the molecule is Cc1ccc(-n2c3ccc4ccccc4c3c3c4ccccc4c4ccccc4c32)cc1. The summed E-state index contributed by atoms with van der Waals surface area (Å²) in [5.41, 5.74) is 5.01. The fourth-order valence-corrected chi connectivity index (χ4v) is 5.40. The summed E-state index contributed by atoms with van der Waals surface area (Å²) in [7, 11) is 0. The molecule has 0 saturated heterocycles. The second-order valence-electron chi connectivity index (χ2n) is 8.67. The molecule has 0 unspecified atom stereocenters. The number of hydrogen-bond acceptors (Lipinski definition) is 0. The molecule has 0 spiro atoms. The molecule has 0 saturated carbocycles. The molecule has 0 amide bonds. The highest BCUT2D eigenvalue weighted by molar-refractivity contribution is 6.35. The van der Waals surface area contributed by atoms with Gasteiger partial charge in [-0.15, -0.1) is 0 Å². The normalized spacial score (nSPS) is 11.9. The van der Waals surface area contributed by atoms with Crippen LogP contribution in [0.1, 0.15) is 5.56 Å². The van der Waals surface area contributed by atoms with Crippen LogP contribution in [0.25, 0.3) is 59.8 Å². The molecule has 32 heavy (non-hydrogen) atoms. The van der Waals surface area contributed by atoms with Crippen molar-refractivity contribution in [1.29, 1.82) is 0 Å². The topological polar surface area (TPSA) is 4.93 Å². The van der Waals surface area contributed by atoms with Crippen LogP contribution in [-0.4, -0.2) is 4.57 Å². The Morgan fingerprint density at radius 2 is 1.06 bits per heavy atom. The van der Waals surface area contributed by atoms with Crippen molar-refractivity contribution in [2.45, 2.75) is 6.92 Å². The van der Waals surface area contributed by atoms with Crippen molar-refractivity contribution in [2.24, 2.45) is 0 Å². The summed E-state index contributed by atoms with van der Waals surface area (Å²) >= 11 is 0. The van der Waals surface area contributed by atoms with E-state index in [9.17, 15) is 0 Å². The number of aryl methyl sites for hydroxylation is 1. The smallest absolute Gasteiger partial charge is 0.0626 e. The zero-order valence-electron chi connectivity index (χ0n) is 17.8. The van der Waals surface area contributed by atoms with Crippen molar-refractivity contribution in [3.05, 3.63) is 115 Å². The van der Waals surface area contributed by atoms with Gasteiger partial charge in [-0.3, -0.25) is 0 Å². The Hall–Kier alpha value is -4.10. The van der Waals surface area contributed by atoms with E-state index in [1.165, 1.54) is 65.4 Å². The van der Waals surface area contributed by atoms with Gasteiger partial charge < -0.3 is 4.57 Å². The molecule has 7 aromatic rings. The lowest BCUT2D eigenvalue weighted by Crippen LogP contribution is -1.95. The molecule has 1 heteroatoms. The molecule has 0 fully saturated rings. The van der Waals surface area contributed by atoms with Crippen LogP contribution < -0.4 is 0 Å². The summed E-state index contributed by atoms with van der Waals surface area (Å²) in [6.07, 6.45) is 0. The van der Waals surface area contributed by atoms with Crippen molar-refractivity contribution < 1.29 is 0 Å². The van der Waals surface area contributed by atoms with E-state index in [0.29, 0.717) is 0 Å². The fourth-order valence-electron chi connectivity index (χ4n) is 5.40. The monoisotopic (exact) mass is 407 g/mol. The average molecular weight is 408 g/mol. The van der Waals surface area contributed by atoms with Crippen LogP contribution in [0.4, 0.5) is 0 Å². The Morgan fingerprint density at radius 3 is 1.81 bits per heavy atom. The summed E-state index contributed by atoms with van der Waals surface area (Å²) in [5.74, 6) is 0. The lowest BCUT2D eigenvalue weighted by molar-refractivity contribution is 1.18. The molecule has 0 aliphatic rings. The minimum Gasteiger partial charge on any atom is -0.309 e. The van der Waals surface area contributed by atoms with Gasteiger partial charge in [0.05, 0.1) is 11.0 Å². The lowest BCUT2D eigenvalue weighted by Gasteiger charge is -2.12. The Balaban J connectivity index is 1.88. The predicted octanol–water partition coefficient (Wildman–Crippen LogP) is 8.55. The molecule has 7 rings (SSSR count). The molecular formula is C31H21N. The van der Waals surface area contributed by atoms with Gasteiger partial charge in [0.2, 0.25) is 0 Å². The predicted molar refractivity (Wildman–Crippen MR) is 138 cm³/mol. The Morgan fingerprint density at radius 1 is 0.469 bits per heavy atom. The van der Waals surface area contributed by atoms with Crippen molar-refractivity contribution >= 4 is 54.1 Å². The maximum atomic E-state index is 2.46. The van der Waals surface area contributed by atoms with Crippen LogP contribution in [0.15, 0.2) is 109 Å². The highest BCUT2D eigenvalue weighted by Crippen LogP contribution is 2.44. The van der Waals surface area contributed by atoms with Gasteiger partial charge in [0, 0.05) is 21.8 Å². The van der Waals surface area contributed by atoms with E-state index in [1.807, 2.05) is 0 Å². The third kappa shape index (κ3) is 2.28. The van der Waals surface area contributed by atoms with E-state index in [1.54, 1.807) is 0 Å². The molecule has 0 aliphatic heterocycles. The van der Waals surface area contributed by atoms with E-state index in [4.69, 9.17) is 0 Å². The summed E-state index contributed by atoms with van der Waals surface area (Å²) in [6.45, 7) is 2.14. The number of hydrogen-bond donors (Lipinski definition) is 0. The second kappa shape index (κ2) is 6.45. The standard InChI is InChI=1S/C31H21N/c1-20-14-17-22(18-15-20)32-28-19-16-21-8-2-3-9-23(21)29(28)30-26-12-6-4-10-24(26)25-11-5-7-13-27(25)31(30)32/h2-19H,1H3. The number of benzene rings is 6. The molecule has 6 aromatic carbocycles. The molecule has 1 heterocycles. The molecule has 150 valence electrons. The minimum atomic E-state index is 1.20. The molecule has 1 nitrogen and oxygen atoms in total. The molecule has 1 aromatic heterocycles. The second-order valence-corrected chi connectivity index (χ2v) is 8.67. The van der Waals surface area contributed by atoms with Gasteiger partial charge in [0.15, 0.2) is 0 Å². The molecular weight excluding hydrogens is 386 g/mol. The van der Waals surface area contributed by atoms with E-state index in [-0.39, 0.29) is 0 Å². The first kappa shape index (κ1) is 17.6. The third-order valence-corrected chi connectivity index (χ3v) is 6.82. The van der Waals surface area contributed by atoms with Gasteiger partial charge in [-0.05, 0) is 52.1 Å². The number of nitrogens with zero attached hydrogens (tertiary/aromatic N) is 1. The highest BCUT2D eigenvalue weighted by Gasteiger charge is 2.20. The number of rotatable bonds is 1. The van der Waals surface area contributed by atoms with Crippen LogP contribution in [-0.2, 0) is 0 Å². The number of fused-ring (bicyclic) bond motifs is 10. The first-order valence-corrected chi connectivity index (χ1v) is 11.1. The summed E-state index contributed by atoms with van der Waals surface area (Å²) < 4.78 is 2.46. The van der Waals surface area contributed by atoms with Crippen molar-refractivity contribution in [3.8, 4) is 5.69 Å². The third-order valence-electron chi connectivity index (χ3n) is 6.82. The van der Waals surface area contributed by atoms with Crippen LogP contribution in [0.2, 0.25) is 0 Å². The number of aromatic nitrogens is 1. The van der Waals surface area contributed by atoms with Crippen molar-refractivity contribution in [1.82, 2.24) is 4.57 Å². The van der Waals surface area contributed by atoms with E-state index in [0.717, 1.165) is 0 Å². The molecule has 0 N–H and O–H groups in total. The van der Waals surface area contributed by atoms with E-state index in [2.05, 4.69) is 121 Å². The molecule has 0 aliphatic carbocycles. The van der Waals surface area contributed by atoms with Gasteiger partial charge in [0.1, 0.15) is 0 Å². The highest BCUT2D eigenvalue weighted by atomic mass is 15.0. The molecule has 0 atom stereocenters. The van der Waals surface area contributed by atoms with E-state index < -0.39 is 0 Å². The van der Waals surface area contributed by atoms with Gasteiger partial charge >= 0.3 is 0 Å². The molecule has 0 radical (unpaired) electrons. The van der Waals surface area contributed by atoms with Crippen LogP contribution in [0.5, 0.6) is 0 Å². The first-order chi connectivity index (χ1) is 15.8. The maximum absolute atomic E-state index is 2.46. The minimum absolute atomic E-state index is 1.20. The molecule has 0 bridgehead atoms. The Labute approximate surface area is 186 Å². The maximum Gasteiger partial charge on any atom is 0.0626 e. The zero-order valence-corrected chi connectivity index (χ0v) is 17.8. The van der Waals surface area contributed by atoms with Crippen LogP contribution in [0.3, 0.4) is 0 Å². The van der Waals surface area contributed by atoms with Crippen molar-refractivity contribution in [2.75, 3.05) is 0 Å². The van der Waals surface area contributed by atoms with Gasteiger partial charge in [-0.2, -0.15) is 0 Å². The van der Waals surface area contributed by atoms with E-state index >= 15 is 0 Å². The average Bonchev–Trinajstić information content (AvgIpc) is 3.21. The lowest BCUT2D eigenvalue weighted by atomic mass is 9.95. The van der Waals surface area contributed by atoms with Gasteiger partial charge in [-0.1, -0.05) is 96.6 Å². The van der Waals surface area contributed by atoms with Crippen LogP contribution in [0, 0.1) is 6.92 Å². The zero-order chi connectivity index (χ0) is 21.2. The van der Waals surface area contributed by atoms with Crippen LogP contribution >= 0.6 is 0 Å². The first-order valence-electron chi connectivity index (χ1n) is 11.1. The Bertz CT molecular complexity index is 1820. The summed E-state index contributed by atoms with van der Waals surface area (Å²) in [6, 6.07) is 39.9. The van der Waals surface area contributed by atoms with Gasteiger partial charge in [0.25, 0.3) is 0 Å². The Kier molecular flexibility index (Phi) is 3.54. The van der Waals surface area contributed by atoms with Crippen molar-refractivity contribution in [3.63, 3.8) is 0 Å². The largest absolute Gasteiger partial charge is 0.309 e. The summed E-state index contributed by atoms with van der Waals surface area (Å²) in [5, 5.41) is 10.5.